The lowest BCUT2D eigenvalue weighted by Crippen LogP contribution is -2.41. The molecule has 0 aliphatic carbocycles. The molecule has 0 fully saturated rings. The lowest BCUT2D eigenvalue weighted by atomic mass is 10.2. The minimum absolute atomic E-state index is 0.120. The molecule has 0 atom stereocenters. The summed E-state index contributed by atoms with van der Waals surface area (Å²) >= 11 is 11.5. The Kier molecular flexibility index (Phi) is 6.22. The number of carbonyl (C=O) groups excluding carboxylic acids is 3. The summed E-state index contributed by atoms with van der Waals surface area (Å²) in [5.41, 5.74) is 0.138. The molecule has 0 aliphatic heterocycles. The Morgan fingerprint density at radius 3 is 2.58 bits per heavy atom. The zero-order valence-electron chi connectivity index (χ0n) is 12.2. The average molecular weight is 371 g/mol. The number of ether oxygens (including phenoxy) is 1. The zero-order valence-corrected chi connectivity index (χ0v) is 13.7. The van der Waals surface area contributed by atoms with Crippen molar-refractivity contribution >= 4 is 41.1 Å². The van der Waals surface area contributed by atoms with E-state index in [1.165, 1.54) is 24.5 Å². The number of amides is 3. The molecule has 9 heteroatoms. The summed E-state index contributed by atoms with van der Waals surface area (Å²) in [6.45, 7) is -0.498. The van der Waals surface area contributed by atoms with E-state index in [1.807, 2.05) is 5.32 Å². The molecule has 2 aromatic rings. The Balaban J connectivity index is 1.74. The Morgan fingerprint density at radius 1 is 1.12 bits per heavy atom. The molecule has 0 radical (unpaired) electrons. The highest BCUT2D eigenvalue weighted by Gasteiger charge is 2.13. The van der Waals surface area contributed by atoms with Gasteiger partial charge in [-0.25, -0.2) is 9.59 Å². The lowest BCUT2D eigenvalue weighted by Gasteiger charge is -2.07. The molecule has 0 bridgehead atoms. The van der Waals surface area contributed by atoms with Gasteiger partial charge in [-0.05, 0) is 30.3 Å². The van der Waals surface area contributed by atoms with Crippen LogP contribution in [0.25, 0.3) is 0 Å². The number of benzene rings is 1. The van der Waals surface area contributed by atoms with Crippen LogP contribution in [-0.4, -0.2) is 24.5 Å². The fourth-order valence-electron chi connectivity index (χ4n) is 1.62. The van der Waals surface area contributed by atoms with Crippen LogP contribution in [0.3, 0.4) is 0 Å². The molecule has 1 heterocycles. The number of rotatable bonds is 5. The number of carbonyl (C=O) groups is 3. The van der Waals surface area contributed by atoms with Crippen LogP contribution >= 0.6 is 23.2 Å². The van der Waals surface area contributed by atoms with Gasteiger partial charge in [-0.2, -0.15) is 0 Å². The SMILES string of the molecule is O=C(COC(=O)c1ccc(Cl)c(Cl)c1)NC(=O)NCc1ccco1. The van der Waals surface area contributed by atoms with Crippen LogP contribution in [0.4, 0.5) is 4.79 Å². The molecule has 126 valence electrons. The van der Waals surface area contributed by atoms with Gasteiger partial charge in [0.2, 0.25) is 0 Å². The minimum Gasteiger partial charge on any atom is -0.467 e. The molecule has 0 spiro atoms. The van der Waals surface area contributed by atoms with Gasteiger partial charge in [0.05, 0.1) is 28.4 Å². The fraction of sp³-hybridized carbons (Fsp3) is 0.133. The van der Waals surface area contributed by atoms with Crippen LogP contribution in [0.5, 0.6) is 0 Å². The Morgan fingerprint density at radius 2 is 1.92 bits per heavy atom. The van der Waals surface area contributed by atoms with E-state index in [1.54, 1.807) is 12.1 Å². The van der Waals surface area contributed by atoms with E-state index in [0.717, 1.165) is 0 Å². The van der Waals surface area contributed by atoms with Crippen molar-refractivity contribution in [1.82, 2.24) is 10.6 Å². The lowest BCUT2D eigenvalue weighted by molar-refractivity contribution is -0.123. The topological polar surface area (TPSA) is 97.6 Å². The van der Waals surface area contributed by atoms with Crippen molar-refractivity contribution in [2.24, 2.45) is 0 Å². The minimum atomic E-state index is -0.777. The third-order valence-corrected chi connectivity index (χ3v) is 3.48. The predicted molar refractivity (Wildman–Crippen MR) is 85.8 cm³/mol. The molecular formula is C15H12Cl2N2O5. The summed E-state index contributed by atoms with van der Waals surface area (Å²) in [5, 5.41) is 4.91. The first-order chi connectivity index (χ1) is 11.5. The van der Waals surface area contributed by atoms with E-state index in [0.29, 0.717) is 10.8 Å². The van der Waals surface area contributed by atoms with Crippen LogP contribution < -0.4 is 10.6 Å². The number of esters is 1. The van der Waals surface area contributed by atoms with Gasteiger partial charge in [0.25, 0.3) is 5.91 Å². The van der Waals surface area contributed by atoms with Gasteiger partial charge in [-0.3, -0.25) is 10.1 Å². The smallest absolute Gasteiger partial charge is 0.338 e. The van der Waals surface area contributed by atoms with E-state index in [2.05, 4.69) is 5.32 Å². The fourth-order valence-corrected chi connectivity index (χ4v) is 1.92. The molecule has 7 nitrogen and oxygen atoms in total. The molecule has 0 aliphatic rings. The Bertz CT molecular complexity index is 746. The molecule has 3 amide bonds. The van der Waals surface area contributed by atoms with E-state index in [4.69, 9.17) is 32.4 Å². The molecule has 2 N–H and O–H groups in total. The summed E-state index contributed by atoms with van der Waals surface area (Å²) in [4.78, 5) is 34.8. The van der Waals surface area contributed by atoms with Crippen molar-refractivity contribution in [3.05, 3.63) is 58.0 Å². The van der Waals surface area contributed by atoms with Crippen LogP contribution in [0.1, 0.15) is 16.1 Å². The predicted octanol–water partition coefficient (Wildman–Crippen LogP) is 2.77. The van der Waals surface area contributed by atoms with Gasteiger partial charge in [0, 0.05) is 0 Å². The number of imide groups is 1. The largest absolute Gasteiger partial charge is 0.467 e. The molecule has 0 saturated heterocycles. The molecule has 1 aromatic carbocycles. The van der Waals surface area contributed by atoms with Crippen LogP contribution in [0.2, 0.25) is 10.0 Å². The number of nitrogens with one attached hydrogen (secondary N) is 2. The van der Waals surface area contributed by atoms with E-state index < -0.39 is 24.5 Å². The van der Waals surface area contributed by atoms with Crippen LogP contribution in [0, 0.1) is 0 Å². The van der Waals surface area contributed by atoms with Gasteiger partial charge in [0.1, 0.15) is 5.76 Å². The van der Waals surface area contributed by atoms with Crippen molar-refractivity contribution < 1.29 is 23.5 Å². The van der Waals surface area contributed by atoms with Gasteiger partial charge in [-0.1, -0.05) is 23.2 Å². The van der Waals surface area contributed by atoms with Crippen LogP contribution in [-0.2, 0) is 16.1 Å². The van der Waals surface area contributed by atoms with E-state index in [9.17, 15) is 14.4 Å². The Hall–Kier alpha value is -2.51. The van der Waals surface area contributed by atoms with E-state index >= 15 is 0 Å². The summed E-state index contributed by atoms with van der Waals surface area (Å²) in [6.07, 6.45) is 1.46. The first-order valence-electron chi connectivity index (χ1n) is 6.68. The molecular weight excluding hydrogens is 359 g/mol. The standard InChI is InChI=1S/C15H12Cl2N2O5/c16-11-4-3-9(6-12(11)17)14(21)24-8-13(20)19-15(22)18-7-10-2-1-5-23-10/h1-6H,7-8H2,(H2,18,19,20,22). The van der Waals surface area contributed by atoms with Crippen molar-refractivity contribution in [2.75, 3.05) is 6.61 Å². The maximum Gasteiger partial charge on any atom is 0.338 e. The summed E-state index contributed by atoms with van der Waals surface area (Å²) in [6, 6.07) is 6.76. The number of hydrogen-bond acceptors (Lipinski definition) is 5. The number of furan rings is 1. The van der Waals surface area contributed by atoms with Gasteiger partial charge in [0.15, 0.2) is 6.61 Å². The maximum absolute atomic E-state index is 11.8. The second kappa shape index (κ2) is 8.37. The molecule has 1 aromatic heterocycles. The van der Waals surface area contributed by atoms with Crippen molar-refractivity contribution in [1.29, 1.82) is 0 Å². The molecule has 0 saturated carbocycles. The van der Waals surface area contributed by atoms with Gasteiger partial charge in [-0.15, -0.1) is 0 Å². The monoisotopic (exact) mass is 370 g/mol. The number of hydrogen-bond donors (Lipinski definition) is 2. The summed E-state index contributed by atoms with van der Waals surface area (Å²) in [7, 11) is 0. The van der Waals surface area contributed by atoms with E-state index in [-0.39, 0.29) is 17.1 Å². The van der Waals surface area contributed by atoms with Crippen molar-refractivity contribution in [2.45, 2.75) is 6.54 Å². The van der Waals surface area contributed by atoms with Gasteiger partial charge < -0.3 is 14.5 Å². The third kappa shape index (κ3) is 5.29. The average Bonchev–Trinajstić information content (AvgIpc) is 3.06. The highest BCUT2D eigenvalue weighted by atomic mass is 35.5. The number of urea groups is 1. The first-order valence-corrected chi connectivity index (χ1v) is 7.43. The highest BCUT2D eigenvalue weighted by molar-refractivity contribution is 6.42. The number of halogens is 2. The maximum atomic E-state index is 11.8. The third-order valence-electron chi connectivity index (χ3n) is 2.75. The van der Waals surface area contributed by atoms with Crippen molar-refractivity contribution in [3.8, 4) is 0 Å². The second-order valence-corrected chi connectivity index (χ2v) is 5.33. The quantitative estimate of drug-likeness (QED) is 0.788. The first kappa shape index (κ1) is 17.8. The molecule has 2 rings (SSSR count). The normalized spacial score (nSPS) is 10.1. The van der Waals surface area contributed by atoms with Crippen molar-refractivity contribution in [3.63, 3.8) is 0 Å². The Labute approximate surface area is 146 Å². The van der Waals surface area contributed by atoms with Crippen LogP contribution in [0.15, 0.2) is 41.0 Å². The zero-order chi connectivity index (χ0) is 17.5. The summed E-state index contributed by atoms with van der Waals surface area (Å²) < 4.78 is 9.80. The van der Waals surface area contributed by atoms with Gasteiger partial charge >= 0.3 is 12.0 Å². The summed E-state index contributed by atoms with van der Waals surface area (Å²) in [5.74, 6) is -1.01. The molecule has 24 heavy (non-hydrogen) atoms. The second-order valence-electron chi connectivity index (χ2n) is 4.52. The molecule has 0 unspecified atom stereocenters. The highest BCUT2D eigenvalue weighted by Crippen LogP contribution is 2.22.